The summed E-state index contributed by atoms with van der Waals surface area (Å²) >= 11 is 0. The van der Waals surface area contributed by atoms with Gasteiger partial charge >= 0.3 is 5.97 Å². The van der Waals surface area contributed by atoms with Crippen molar-refractivity contribution >= 4 is 5.97 Å². The molecule has 3 nitrogen and oxygen atoms in total. The van der Waals surface area contributed by atoms with E-state index in [0.29, 0.717) is 12.6 Å². The Labute approximate surface area is 97.9 Å². The highest BCUT2D eigenvalue weighted by Crippen LogP contribution is 2.31. The molecule has 0 amide bonds. The van der Waals surface area contributed by atoms with Gasteiger partial charge in [-0.25, -0.2) is 0 Å². The van der Waals surface area contributed by atoms with E-state index >= 15 is 0 Å². The van der Waals surface area contributed by atoms with Crippen LogP contribution in [0, 0.1) is 5.92 Å². The number of hydrogen-bond acceptors (Lipinski definition) is 3. The second-order valence-corrected chi connectivity index (χ2v) is 5.05. The molecule has 1 aliphatic carbocycles. The number of hydrogen-bond donors (Lipinski definition) is 1. The van der Waals surface area contributed by atoms with Gasteiger partial charge in [0.1, 0.15) is 6.04 Å². The lowest BCUT2D eigenvalue weighted by atomic mass is 9.83. The first-order valence-electron chi connectivity index (χ1n) is 6.74. The van der Waals surface area contributed by atoms with Crippen LogP contribution in [0.5, 0.6) is 0 Å². The molecule has 2 atom stereocenters. The molecule has 3 heteroatoms. The average Bonchev–Trinajstić information content (AvgIpc) is 2.80. The molecule has 0 aromatic heterocycles. The summed E-state index contributed by atoms with van der Waals surface area (Å²) in [6.45, 7) is 2.36. The molecule has 2 rings (SSSR count). The Morgan fingerprint density at radius 2 is 1.94 bits per heavy atom. The topological polar surface area (TPSA) is 38.3 Å². The van der Waals surface area contributed by atoms with E-state index in [9.17, 15) is 4.79 Å². The van der Waals surface area contributed by atoms with Crippen molar-refractivity contribution in [1.82, 2.24) is 5.32 Å². The van der Waals surface area contributed by atoms with Crippen molar-refractivity contribution < 1.29 is 9.53 Å². The molecular weight excluding hydrogens is 202 g/mol. The average molecular weight is 225 g/mol. The van der Waals surface area contributed by atoms with E-state index < -0.39 is 0 Å². The third-order valence-electron chi connectivity index (χ3n) is 3.97. The Balaban J connectivity index is 1.80. The summed E-state index contributed by atoms with van der Waals surface area (Å²) in [5, 5.41) is 3.47. The van der Waals surface area contributed by atoms with Crippen molar-refractivity contribution in [3.8, 4) is 0 Å². The summed E-state index contributed by atoms with van der Waals surface area (Å²) < 4.78 is 5.06. The Kier molecular flexibility index (Phi) is 4.22. The number of ether oxygens (including phenoxy) is 1. The highest BCUT2D eigenvalue weighted by Gasteiger charge is 2.34. The molecule has 0 spiro atoms. The van der Waals surface area contributed by atoms with Crippen LogP contribution >= 0.6 is 0 Å². The fourth-order valence-corrected chi connectivity index (χ4v) is 3.11. The molecule has 0 unspecified atom stereocenters. The largest absolute Gasteiger partial charge is 0.465 e. The lowest BCUT2D eigenvalue weighted by molar-refractivity contribution is -0.145. The maximum atomic E-state index is 11.6. The molecule has 92 valence electrons. The quantitative estimate of drug-likeness (QED) is 0.749. The number of rotatable bonds is 3. The highest BCUT2D eigenvalue weighted by molar-refractivity contribution is 5.76. The maximum Gasteiger partial charge on any atom is 0.323 e. The van der Waals surface area contributed by atoms with Crippen LogP contribution in [-0.2, 0) is 9.53 Å². The number of carbonyl (C=O) groups is 1. The molecule has 2 fully saturated rings. The summed E-state index contributed by atoms with van der Waals surface area (Å²) in [7, 11) is 0. The van der Waals surface area contributed by atoms with E-state index in [1.54, 1.807) is 0 Å². The maximum absolute atomic E-state index is 11.6. The fourth-order valence-electron chi connectivity index (χ4n) is 3.11. The zero-order valence-corrected chi connectivity index (χ0v) is 10.2. The second-order valence-electron chi connectivity index (χ2n) is 5.05. The molecule has 16 heavy (non-hydrogen) atoms. The molecule has 1 saturated carbocycles. The molecule has 2 aliphatic rings. The predicted molar refractivity (Wildman–Crippen MR) is 63.2 cm³/mol. The minimum atomic E-state index is -0.0548. The van der Waals surface area contributed by atoms with Gasteiger partial charge in [-0.1, -0.05) is 19.3 Å². The summed E-state index contributed by atoms with van der Waals surface area (Å²) in [6.07, 6.45) is 8.92. The van der Waals surface area contributed by atoms with Gasteiger partial charge < -0.3 is 10.1 Å². The van der Waals surface area contributed by atoms with Gasteiger partial charge in [0.15, 0.2) is 0 Å². The van der Waals surface area contributed by atoms with Crippen molar-refractivity contribution in [2.75, 3.05) is 6.61 Å². The van der Waals surface area contributed by atoms with Gasteiger partial charge in [-0.2, -0.15) is 0 Å². The molecule has 0 bridgehead atoms. The third kappa shape index (κ3) is 2.76. The van der Waals surface area contributed by atoms with Gasteiger partial charge in [-0.05, 0) is 38.5 Å². The van der Waals surface area contributed by atoms with Gasteiger partial charge in [0.05, 0.1) is 6.61 Å². The first-order chi connectivity index (χ1) is 7.81. The van der Waals surface area contributed by atoms with E-state index in [4.69, 9.17) is 4.74 Å². The normalized spacial score (nSPS) is 31.6. The van der Waals surface area contributed by atoms with Crippen molar-refractivity contribution in [2.45, 2.75) is 64.0 Å². The molecule has 0 aromatic rings. The fraction of sp³-hybridized carbons (Fsp3) is 0.923. The van der Waals surface area contributed by atoms with Crippen LogP contribution in [0.1, 0.15) is 51.9 Å². The van der Waals surface area contributed by atoms with Crippen LogP contribution in [0.15, 0.2) is 0 Å². The summed E-state index contributed by atoms with van der Waals surface area (Å²) in [6, 6.07) is 0.529. The molecule has 0 radical (unpaired) electrons. The standard InChI is InChI=1S/C13H23NO2/c1-2-16-13(15)12-9-8-11(14-12)10-6-4-3-5-7-10/h10-12,14H,2-9H2,1H3/t11-,12+/m1/s1. The first-order valence-corrected chi connectivity index (χ1v) is 6.74. The minimum Gasteiger partial charge on any atom is -0.465 e. The van der Waals surface area contributed by atoms with Gasteiger partial charge in [-0.3, -0.25) is 4.79 Å². The Morgan fingerprint density at radius 3 is 2.62 bits per heavy atom. The van der Waals surface area contributed by atoms with E-state index in [2.05, 4.69) is 5.32 Å². The van der Waals surface area contributed by atoms with E-state index in [0.717, 1.165) is 18.8 Å². The summed E-state index contributed by atoms with van der Waals surface area (Å²) in [4.78, 5) is 11.6. The van der Waals surface area contributed by atoms with E-state index in [1.165, 1.54) is 32.1 Å². The van der Waals surface area contributed by atoms with E-state index in [-0.39, 0.29) is 12.0 Å². The third-order valence-corrected chi connectivity index (χ3v) is 3.97. The van der Waals surface area contributed by atoms with Gasteiger partial charge in [0.2, 0.25) is 0 Å². The predicted octanol–water partition coefficient (Wildman–Crippen LogP) is 2.25. The van der Waals surface area contributed by atoms with Gasteiger partial charge in [0, 0.05) is 6.04 Å². The molecule has 1 heterocycles. The number of carbonyl (C=O) groups excluding carboxylic acids is 1. The van der Waals surface area contributed by atoms with Crippen LogP contribution in [0.2, 0.25) is 0 Å². The Morgan fingerprint density at radius 1 is 1.19 bits per heavy atom. The van der Waals surface area contributed by atoms with Crippen LogP contribution < -0.4 is 5.32 Å². The molecule has 1 saturated heterocycles. The van der Waals surface area contributed by atoms with Crippen molar-refractivity contribution in [2.24, 2.45) is 5.92 Å². The zero-order chi connectivity index (χ0) is 11.4. The molecular formula is C13H23NO2. The summed E-state index contributed by atoms with van der Waals surface area (Å²) in [5.41, 5.74) is 0. The zero-order valence-electron chi connectivity index (χ0n) is 10.2. The monoisotopic (exact) mass is 225 g/mol. The van der Waals surface area contributed by atoms with Gasteiger partial charge in [0.25, 0.3) is 0 Å². The van der Waals surface area contributed by atoms with Gasteiger partial charge in [-0.15, -0.1) is 0 Å². The molecule has 0 aromatic carbocycles. The number of esters is 1. The molecule has 1 aliphatic heterocycles. The smallest absolute Gasteiger partial charge is 0.323 e. The number of nitrogens with one attached hydrogen (secondary N) is 1. The van der Waals surface area contributed by atoms with Crippen LogP contribution in [0.4, 0.5) is 0 Å². The highest BCUT2D eigenvalue weighted by atomic mass is 16.5. The second kappa shape index (κ2) is 5.67. The minimum absolute atomic E-state index is 0.0353. The van der Waals surface area contributed by atoms with Crippen LogP contribution in [0.25, 0.3) is 0 Å². The lowest BCUT2D eigenvalue weighted by Gasteiger charge is -2.27. The van der Waals surface area contributed by atoms with E-state index in [1.807, 2.05) is 6.92 Å². The molecule has 1 N–H and O–H groups in total. The van der Waals surface area contributed by atoms with Crippen LogP contribution in [-0.4, -0.2) is 24.7 Å². The Hall–Kier alpha value is -0.570. The van der Waals surface area contributed by atoms with Crippen molar-refractivity contribution in [3.05, 3.63) is 0 Å². The first kappa shape index (κ1) is 11.9. The van der Waals surface area contributed by atoms with Crippen molar-refractivity contribution in [1.29, 1.82) is 0 Å². The van der Waals surface area contributed by atoms with Crippen LogP contribution in [0.3, 0.4) is 0 Å². The summed E-state index contributed by atoms with van der Waals surface area (Å²) in [5.74, 6) is 0.744. The Bertz CT molecular complexity index is 236. The SMILES string of the molecule is CCOC(=O)[C@@H]1CC[C@H](C2CCCCC2)N1. The van der Waals surface area contributed by atoms with Crippen molar-refractivity contribution in [3.63, 3.8) is 0 Å². The lowest BCUT2D eigenvalue weighted by Crippen LogP contribution is -2.40.